The lowest BCUT2D eigenvalue weighted by atomic mass is 9.97. The van der Waals surface area contributed by atoms with Crippen LogP contribution < -0.4 is 4.74 Å². The molecule has 2 nitrogen and oxygen atoms in total. The standard InChI is InChI=1S/C16H16F2O2/c1-10-7-8-12(9-11(10)2)15(19)13-5-3-4-6-14(13)20-16(17)18/h3-9,15-16,19H,1-2H3. The Bertz CT molecular complexity index is 597. The molecule has 0 aliphatic heterocycles. The van der Waals surface area contributed by atoms with Crippen LogP contribution in [0.3, 0.4) is 0 Å². The zero-order chi connectivity index (χ0) is 14.7. The molecule has 2 rings (SSSR count). The first-order chi connectivity index (χ1) is 9.49. The van der Waals surface area contributed by atoms with Gasteiger partial charge in [0.15, 0.2) is 0 Å². The van der Waals surface area contributed by atoms with Crippen LogP contribution in [0, 0.1) is 13.8 Å². The van der Waals surface area contributed by atoms with Crippen molar-refractivity contribution in [3.8, 4) is 5.75 Å². The molecule has 0 radical (unpaired) electrons. The molecule has 1 N–H and O–H groups in total. The minimum Gasteiger partial charge on any atom is -0.434 e. The summed E-state index contributed by atoms with van der Waals surface area (Å²) in [4.78, 5) is 0. The van der Waals surface area contributed by atoms with Gasteiger partial charge in [0.1, 0.15) is 11.9 Å². The maximum absolute atomic E-state index is 12.4. The van der Waals surface area contributed by atoms with Gasteiger partial charge in [-0.1, -0.05) is 36.4 Å². The highest BCUT2D eigenvalue weighted by Gasteiger charge is 2.17. The average molecular weight is 278 g/mol. The number of ether oxygens (including phenoxy) is 1. The van der Waals surface area contributed by atoms with Gasteiger partial charge < -0.3 is 9.84 Å². The van der Waals surface area contributed by atoms with Crippen LogP contribution in [0.25, 0.3) is 0 Å². The second-order valence-corrected chi connectivity index (χ2v) is 4.66. The van der Waals surface area contributed by atoms with E-state index in [4.69, 9.17) is 0 Å². The van der Waals surface area contributed by atoms with Crippen molar-refractivity contribution >= 4 is 0 Å². The molecule has 0 aromatic heterocycles. The summed E-state index contributed by atoms with van der Waals surface area (Å²) in [6.45, 7) is 0.995. The van der Waals surface area contributed by atoms with Crippen molar-refractivity contribution in [1.29, 1.82) is 0 Å². The predicted octanol–water partition coefficient (Wildman–Crippen LogP) is 3.99. The molecule has 106 valence electrons. The van der Waals surface area contributed by atoms with Gasteiger partial charge in [0, 0.05) is 5.56 Å². The van der Waals surface area contributed by atoms with Crippen LogP contribution in [0.2, 0.25) is 0 Å². The molecule has 2 aromatic carbocycles. The van der Waals surface area contributed by atoms with E-state index in [0.29, 0.717) is 11.1 Å². The maximum Gasteiger partial charge on any atom is 0.387 e. The van der Waals surface area contributed by atoms with E-state index in [0.717, 1.165) is 11.1 Å². The number of hydrogen-bond donors (Lipinski definition) is 1. The highest BCUT2D eigenvalue weighted by atomic mass is 19.3. The number of benzene rings is 2. The summed E-state index contributed by atoms with van der Waals surface area (Å²) in [5, 5.41) is 10.4. The number of aliphatic hydroxyl groups is 1. The van der Waals surface area contributed by atoms with Crippen molar-refractivity contribution < 1.29 is 18.6 Å². The van der Waals surface area contributed by atoms with Crippen LogP contribution in [0.15, 0.2) is 42.5 Å². The molecule has 0 aliphatic carbocycles. The molecule has 4 heteroatoms. The first-order valence-corrected chi connectivity index (χ1v) is 6.28. The van der Waals surface area contributed by atoms with Gasteiger partial charge in [0.05, 0.1) is 0 Å². The van der Waals surface area contributed by atoms with Gasteiger partial charge in [-0.25, -0.2) is 0 Å². The fourth-order valence-electron chi connectivity index (χ4n) is 2.02. The lowest BCUT2D eigenvalue weighted by Gasteiger charge is -2.17. The third-order valence-corrected chi connectivity index (χ3v) is 3.28. The summed E-state index contributed by atoms with van der Waals surface area (Å²) in [6, 6.07) is 11.8. The maximum atomic E-state index is 12.4. The number of rotatable bonds is 4. The fourth-order valence-corrected chi connectivity index (χ4v) is 2.02. The summed E-state index contributed by atoms with van der Waals surface area (Å²) >= 11 is 0. The van der Waals surface area contributed by atoms with E-state index in [9.17, 15) is 13.9 Å². The Labute approximate surface area is 116 Å². The van der Waals surface area contributed by atoms with Crippen molar-refractivity contribution in [3.05, 3.63) is 64.7 Å². The Morgan fingerprint density at radius 2 is 1.70 bits per heavy atom. The van der Waals surface area contributed by atoms with Crippen molar-refractivity contribution in [1.82, 2.24) is 0 Å². The van der Waals surface area contributed by atoms with E-state index in [2.05, 4.69) is 4.74 Å². The zero-order valence-corrected chi connectivity index (χ0v) is 11.3. The van der Waals surface area contributed by atoms with Gasteiger partial charge in [0.2, 0.25) is 0 Å². The van der Waals surface area contributed by atoms with Crippen LogP contribution in [-0.4, -0.2) is 11.7 Å². The van der Waals surface area contributed by atoms with E-state index >= 15 is 0 Å². The predicted molar refractivity (Wildman–Crippen MR) is 73.1 cm³/mol. The highest BCUT2D eigenvalue weighted by molar-refractivity contribution is 5.42. The minimum atomic E-state index is -2.91. The van der Waals surface area contributed by atoms with Gasteiger partial charge in [0.25, 0.3) is 0 Å². The molecule has 0 saturated heterocycles. The third-order valence-electron chi connectivity index (χ3n) is 3.28. The largest absolute Gasteiger partial charge is 0.434 e. The van der Waals surface area contributed by atoms with Crippen molar-refractivity contribution in [3.63, 3.8) is 0 Å². The van der Waals surface area contributed by atoms with E-state index < -0.39 is 12.7 Å². The minimum absolute atomic E-state index is 0.00627. The summed E-state index contributed by atoms with van der Waals surface area (Å²) in [6.07, 6.45) is -0.996. The lowest BCUT2D eigenvalue weighted by molar-refractivity contribution is -0.0512. The Hall–Kier alpha value is -1.94. The molecular formula is C16H16F2O2. The molecule has 0 spiro atoms. The van der Waals surface area contributed by atoms with Gasteiger partial charge in [-0.2, -0.15) is 8.78 Å². The van der Waals surface area contributed by atoms with E-state index in [1.54, 1.807) is 24.3 Å². The normalized spacial score (nSPS) is 12.5. The Morgan fingerprint density at radius 3 is 2.35 bits per heavy atom. The van der Waals surface area contributed by atoms with E-state index in [1.165, 1.54) is 6.07 Å². The quantitative estimate of drug-likeness (QED) is 0.916. The molecule has 0 bridgehead atoms. The Balaban J connectivity index is 2.37. The zero-order valence-electron chi connectivity index (χ0n) is 11.3. The third kappa shape index (κ3) is 3.14. The van der Waals surface area contributed by atoms with Gasteiger partial charge in [-0.05, 0) is 36.6 Å². The number of halogens is 2. The van der Waals surface area contributed by atoms with E-state index in [-0.39, 0.29) is 5.75 Å². The number of aliphatic hydroxyl groups excluding tert-OH is 1. The van der Waals surface area contributed by atoms with Crippen molar-refractivity contribution in [2.24, 2.45) is 0 Å². The molecule has 0 amide bonds. The number of hydrogen-bond acceptors (Lipinski definition) is 2. The van der Waals surface area contributed by atoms with Crippen LogP contribution in [0.4, 0.5) is 8.78 Å². The molecule has 2 aromatic rings. The monoisotopic (exact) mass is 278 g/mol. The molecule has 20 heavy (non-hydrogen) atoms. The van der Waals surface area contributed by atoms with Gasteiger partial charge in [-0.15, -0.1) is 0 Å². The van der Waals surface area contributed by atoms with Gasteiger partial charge in [-0.3, -0.25) is 0 Å². The van der Waals surface area contributed by atoms with Crippen LogP contribution in [-0.2, 0) is 0 Å². The summed E-state index contributed by atoms with van der Waals surface area (Å²) in [5.74, 6) is -0.00627. The van der Waals surface area contributed by atoms with E-state index in [1.807, 2.05) is 26.0 Å². The molecule has 1 atom stereocenters. The number of para-hydroxylation sites is 1. The average Bonchev–Trinajstić information content (AvgIpc) is 2.41. The van der Waals surface area contributed by atoms with Crippen molar-refractivity contribution in [2.75, 3.05) is 0 Å². The number of aryl methyl sites for hydroxylation is 2. The summed E-state index contributed by atoms with van der Waals surface area (Å²) in [5.41, 5.74) is 3.13. The SMILES string of the molecule is Cc1ccc(C(O)c2ccccc2OC(F)F)cc1C. The molecule has 0 aliphatic rings. The van der Waals surface area contributed by atoms with Crippen LogP contribution in [0.5, 0.6) is 5.75 Å². The summed E-state index contributed by atoms with van der Waals surface area (Å²) in [7, 11) is 0. The smallest absolute Gasteiger partial charge is 0.387 e. The molecule has 0 fully saturated rings. The van der Waals surface area contributed by atoms with Gasteiger partial charge >= 0.3 is 6.61 Å². The molecule has 0 heterocycles. The van der Waals surface area contributed by atoms with Crippen LogP contribution in [0.1, 0.15) is 28.4 Å². The molecule has 1 unspecified atom stereocenters. The summed E-state index contributed by atoms with van der Waals surface area (Å²) < 4.78 is 29.2. The lowest BCUT2D eigenvalue weighted by Crippen LogP contribution is -2.08. The topological polar surface area (TPSA) is 29.5 Å². The highest BCUT2D eigenvalue weighted by Crippen LogP contribution is 2.31. The first kappa shape index (κ1) is 14.5. The fraction of sp³-hybridized carbons (Fsp3) is 0.250. The van der Waals surface area contributed by atoms with Crippen molar-refractivity contribution in [2.45, 2.75) is 26.6 Å². The Morgan fingerprint density at radius 1 is 1.00 bits per heavy atom. The second-order valence-electron chi connectivity index (χ2n) is 4.66. The first-order valence-electron chi connectivity index (χ1n) is 6.28. The molecule has 0 saturated carbocycles. The van der Waals surface area contributed by atoms with Crippen LogP contribution >= 0.6 is 0 Å². The number of alkyl halides is 2. The molecular weight excluding hydrogens is 262 g/mol. The Kier molecular flexibility index (Phi) is 4.35. The second kappa shape index (κ2) is 6.01.